The van der Waals surface area contributed by atoms with E-state index in [-0.39, 0.29) is 12.3 Å². The summed E-state index contributed by atoms with van der Waals surface area (Å²) in [6, 6.07) is 0. The summed E-state index contributed by atoms with van der Waals surface area (Å²) in [6.07, 6.45) is 3.32. The normalized spacial score (nSPS) is 14.7. The summed E-state index contributed by atoms with van der Waals surface area (Å²) in [7, 11) is -3.46. The predicted molar refractivity (Wildman–Crippen MR) is 80.6 cm³/mol. The maximum Gasteiger partial charge on any atom is 0.210 e. The van der Waals surface area contributed by atoms with Crippen molar-refractivity contribution in [3.8, 4) is 0 Å². The Labute approximate surface area is 121 Å². The van der Waals surface area contributed by atoms with Crippen molar-refractivity contribution in [3.63, 3.8) is 0 Å². The van der Waals surface area contributed by atoms with Crippen LogP contribution in [0.5, 0.6) is 0 Å². The average molecular weight is 312 g/mol. The molecule has 2 aromatic rings. The molecule has 0 fully saturated rings. The third-order valence-corrected chi connectivity index (χ3v) is 5.31. The lowest BCUT2D eigenvalue weighted by Gasteiger charge is -2.08. The van der Waals surface area contributed by atoms with Gasteiger partial charge in [-0.15, -0.1) is 11.3 Å². The number of sulfonamides is 1. The van der Waals surface area contributed by atoms with Gasteiger partial charge in [0.2, 0.25) is 10.0 Å². The number of nitrogens with one attached hydrogen (secondary N) is 1. The lowest BCUT2D eigenvalue weighted by Crippen LogP contribution is -2.22. The van der Waals surface area contributed by atoms with Gasteiger partial charge in [-0.2, -0.15) is 0 Å². The van der Waals surface area contributed by atoms with Crippen LogP contribution in [0.25, 0.3) is 10.2 Å². The molecule has 8 heteroatoms. The average Bonchev–Trinajstić information content (AvgIpc) is 2.85. The van der Waals surface area contributed by atoms with E-state index < -0.39 is 10.0 Å². The number of hydrogen-bond donors (Lipinski definition) is 2. The van der Waals surface area contributed by atoms with E-state index >= 15 is 0 Å². The van der Waals surface area contributed by atoms with E-state index in [1.165, 1.54) is 16.9 Å². The molecule has 2 aromatic heterocycles. The van der Waals surface area contributed by atoms with Crippen molar-refractivity contribution in [2.45, 2.75) is 26.2 Å². The Kier molecular flexibility index (Phi) is 3.39. The van der Waals surface area contributed by atoms with Crippen molar-refractivity contribution in [2.75, 3.05) is 17.6 Å². The van der Waals surface area contributed by atoms with E-state index in [2.05, 4.69) is 15.3 Å². The minimum absolute atomic E-state index is 0.107. The number of aryl methyl sites for hydroxylation is 3. The Bertz CT molecular complexity index is 767. The highest BCUT2D eigenvalue weighted by Crippen LogP contribution is 2.39. The summed E-state index contributed by atoms with van der Waals surface area (Å²) in [4.78, 5) is 11.3. The van der Waals surface area contributed by atoms with Crippen molar-refractivity contribution in [1.82, 2.24) is 9.97 Å². The third-order valence-electron chi connectivity index (χ3n) is 3.36. The van der Waals surface area contributed by atoms with Gasteiger partial charge >= 0.3 is 0 Å². The number of primary sulfonamides is 1. The van der Waals surface area contributed by atoms with Gasteiger partial charge in [0.05, 0.1) is 11.1 Å². The van der Waals surface area contributed by atoms with Gasteiger partial charge in [-0.05, 0) is 31.7 Å². The molecule has 0 aliphatic heterocycles. The van der Waals surface area contributed by atoms with E-state index in [0.29, 0.717) is 5.82 Å². The van der Waals surface area contributed by atoms with E-state index in [9.17, 15) is 8.42 Å². The van der Waals surface area contributed by atoms with Crippen LogP contribution < -0.4 is 10.5 Å². The van der Waals surface area contributed by atoms with E-state index in [0.717, 1.165) is 28.9 Å². The molecule has 20 heavy (non-hydrogen) atoms. The number of nitrogens with zero attached hydrogens (tertiary/aromatic N) is 2. The van der Waals surface area contributed by atoms with Gasteiger partial charge in [0, 0.05) is 11.4 Å². The first-order valence-electron chi connectivity index (χ1n) is 6.47. The number of rotatable bonds is 4. The van der Waals surface area contributed by atoms with Crippen LogP contribution >= 0.6 is 11.3 Å². The number of hydrogen-bond acceptors (Lipinski definition) is 6. The highest BCUT2D eigenvalue weighted by Gasteiger charge is 2.21. The first-order chi connectivity index (χ1) is 9.44. The zero-order chi connectivity index (χ0) is 14.3. The fourth-order valence-electron chi connectivity index (χ4n) is 2.54. The molecule has 0 spiro atoms. The summed E-state index contributed by atoms with van der Waals surface area (Å²) < 4.78 is 22.0. The largest absolute Gasteiger partial charge is 0.368 e. The molecule has 108 valence electrons. The number of aromatic nitrogens is 2. The highest BCUT2D eigenvalue weighted by atomic mass is 32.2. The summed E-state index contributed by atoms with van der Waals surface area (Å²) in [6.45, 7) is 2.10. The Hall–Kier alpha value is -1.25. The maximum atomic E-state index is 11.0. The van der Waals surface area contributed by atoms with Crippen LogP contribution in [-0.2, 0) is 22.9 Å². The van der Waals surface area contributed by atoms with Crippen LogP contribution in [-0.4, -0.2) is 30.7 Å². The van der Waals surface area contributed by atoms with Gasteiger partial charge < -0.3 is 5.32 Å². The minimum Gasteiger partial charge on any atom is -0.368 e. The standard InChI is InChI=1S/C12H16N4O2S2/c1-7-15-11(14-5-6-20(13,17)18)10-8-3-2-4-9(8)19-12(10)16-7/h2-6H2,1H3,(H2,13,17,18)(H,14,15,16). The van der Waals surface area contributed by atoms with Crippen molar-refractivity contribution in [2.24, 2.45) is 5.14 Å². The monoisotopic (exact) mass is 312 g/mol. The quantitative estimate of drug-likeness (QED) is 0.883. The molecule has 1 aliphatic carbocycles. The van der Waals surface area contributed by atoms with Crippen LogP contribution in [0.2, 0.25) is 0 Å². The molecule has 0 radical (unpaired) electrons. The summed E-state index contributed by atoms with van der Waals surface area (Å²) in [5, 5.41) is 9.17. The lowest BCUT2D eigenvalue weighted by atomic mass is 10.2. The van der Waals surface area contributed by atoms with Gasteiger partial charge in [0.1, 0.15) is 16.5 Å². The van der Waals surface area contributed by atoms with Gasteiger partial charge in [-0.1, -0.05) is 0 Å². The number of fused-ring (bicyclic) bond motifs is 3. The molecular formula is C12H16N4O2S2. The molecule has 0 aromatic carbocycles. The van der Waals surface area contributed by atoms with Crippen LogP contribution in [0.3, 0.4) is 0 Å². The van der Waals surface area contributed by atoms with Crippen molar-refractivity contribution in [3.05, 3.63) is 16.3 Å². The first kappa shape index (κ1) is 13.7. The Balaban J connectivity index is 1.97. The van der Waals surface area contributed by atoms with Crippen LogP contribution in [0.4, 0.5) is 5.82 Å². The summed E-state index contributed by atoms with van der Waals surface area (Å²) >= 11 is 1.72. The molecule has 1 aliphatic rings. The van der Waals surface area contributed by atoms with E-state index in [1.54, 1.807) is 11.3 Å². The molecule has 0 atom stereocenters. The molecule has 0 saturated heterocycles. The topological polar surface area (TPSA) is 98.0 Å². The molecule has 0 amide bonds. The second-order valence-corrected chi connectivity index (χ2v) is 7.77. The lowest BCUT2D eigenvalue weighted by molar-refractivity contribution is 0.598. The zero-order valence-electron chi connectivity index (χ0n) is 11.1. The number of thiophene rings is 1. The Morgan fingerprint density at radius 2 is 2.15 bits per heavy atom. The molecule has 2 heterocycles. The molecular weight excluding hydrogens is 296 g/mol. The fraction of sp³-hybridized carbons (Fsp3) is 0.500. The van der Waals surface area contributed by atoms with Gasteiger partial charge in [-0.3, -0.25) is 0 Å². The Morgan fingerprint density at radius 1 is 1.35 bits per heavy atom. The number of anilines is 1. The fourth-order valence-corrected chi connectivity index (χ4v) is 4.24. The molecule has 3 N–H and O–H groups in total. The predicted octanol–water partition coefficient (Wildman–Crippen LogP) is 1.19. The first-order valence-corrected chi connectivity index (χ1v) is 9.00. The van der Waals surface area contributed by atoms with Crippen LogP contribution in [0.1, 0.15) is 22.7 Å². The molecule has 3 rings (SSSR count). The maximum absolute atomic E-state index is 11.0. The summed E-state index contributed by atoms with van der Waals surface area (Å²) in [5.74, 6) is 1.32. The highest BCUT2D eigenvalue weighted by molar-refractivity contribution is 7.89. The molecule has 0 unspecified atom stereocenters. The Morgan fingerprint density at radius 3 is 2.90 bits per heavy atom. The van der Waals surface area contributed by atoms with Gasteiger partial charge in [-0.25, -0.2) is 23.5 Å². The number of nitrogens with two attached hydrogens (primary N) is 1. The van der Waals surface area contributed by atoms with Gasteiger partial charge in [0.25, 0.3) is 0 Å². The van der Waals surface area contributed by atoms with Crippen LogP contribution in [0, 0.1) is 6.92 Å². The van der Waals surface area contributed by atoms with Gasteiger partial charge in [0.15, 0.2) is 0 Å². The second-order valence-electron chi connectivity index (χ2n) is 4.95. The molecule has 0 bridgehead atoms. The van der Waals surface area contributed by atoms with Crippen molar-refractivity contribution in [1.29, 1.82) is 0 Å². The minimum atomic E-state index is -3.46. The summed E-state index contributed by atoms with van der Waals surface area (Å²) in [5.41, 5.74) is 1.32. The smallest absolute Gasteiger partial charge is 0.210 e. The third kappa shape index (κ3) is 2.63. The van der Waals surface area contributed by atoms with E-state index in [1.807, 2.05) is 6.92 Å². The van der Waals surface area contributed by atoms with Crippen molar-refractivity contribution >= 4 is 37.4 Å². The molecule has 6 nitrogen and oxygen atoms in total. The van der Waals surface area contributed by atoms with Crippen molar-refractivity contribution < 1.29 is 8.42 Å². The second kappa shape index (κ2) is 4.94. The molecule has 0 saturated carbocycles. The van der Waals surface area contributed by atoms with Crippen LogP contribution in [0.15, 0.2) is 0 Å². The zero-order valence-corrected chi connectivity index (χ0v) is 12.8. The SMILES string of the molecule is Cc1nc(NCCS(N)(=O)=O)c2c3c(sc2n1)CCC3. The van der Waals surface area contributed by atoms with E-state index in [4.69, 9.17) is 5.14 Å².